The molecule has 0 radical (unpaired) electrons. The molecular weight excluding hydrogens is 269 g/mol. The predicted molar refractivity (Wildman–Crippen MR) is 75.9 cm³/mol. The number of rotatable bonds is 3. The Balaban J connectivity index is 2.17. The first-order valence-electron chi connectivity index (χ1n) is 6.24. The van der Waals surface area contributed by atoms with Crippen LogP contribution in [0.5, 0.6) is 5.75 Å². The molecule has 1 N–H and O–H groups in total. The predicted octanol–water partition coefficient (Wildman–Crippen LogP) is 2.62. The van der Waals surface area contributed by atoms with Gasteiger partial charge in [0.1, 0.15) is 24.8 Å². The zero-order chi connectivity index (χ0) is 15.1. The number of halogens is 1. The zero-order valence-electron chi connectivity index (χ0n) is 11.1. The van der Waals surface area contributed by atoms with Crippen LogP contribution in [-0.4, -0.2) is 11.7 Å². The Morgan fingerprint density at radius 1 is 1.19 bits per heavy atom. The molecule has 0 saturated carbocycles. The molecule has 0 saturated heterocycles. The van der Waals surface area contributed by atoms with Crippen LogP contribution in [0, 0.1) is 29.0 Å². The van der Waals surface area contributed by atoms with Crippen molar-refractivity contribution in [2.45, 2.75) is 6.61 Å². The second kappa shape index (κ2) is 7.09. The summed E-state index contributed by atoms with van der Waals surface area (Å²) in [6.45, 7) is -0.123. The van der Waals surface area contributed by atoms with Crippen molar-refractivity contribution in [2.24, 2.45) is 0 Å². The third-order valence-corrected chi connectivity index (χ3v) is 2.72. The third kappa shape index (κ3) is 4.07. The number of nitrogens with zero attached hydrogens (tertiary/aromatic N) is 1. The van der Waals surface area contributed by atoms with Gasteiger partial charge in [-0.25, -0.2) is 4.39 Å². The third-order valence-electron chi connectivity index (χ3n) is 2.72. The van der Waals surface area contributed by atoms with Crippen molar-refractivity contribution in [2.75, 3.05) is 6.61 Å². The molecule has 0 atom stereocenters. The standard InChI is InChI=1S/C17H12FNO2/c18-16-8-13(4-3-7-20)9-17(10-16)21-12-15-6-2-1-5-14(15)11-19/h1-2,5-6,8-10,20H,7,12H2. The average molecular weight is 281 g/mol. The van der Waals surface area contributed by atoms with Crippen molar-refractivity contribution in [3.05, 3.63) is 65.0 Å². The minimum atomic E-state index is -0.469. The molecule has 0 aliphatic rings. The van der Waals surface area contributed by atoms with E-state index in [1.807, 2.05) is 6.07 Å². The van der Waals surface area contributed by atoms with Gasteiger partial charge in [0.05, 0.1) is 11.6 Å². The number of aliphatic hydroxyl groups excluding tert-OH is 1. The van der Waals surface area contributed by atoms with Crippen molar-refractivity contribution in [3.63, 3.8) is 0 Å². The summed E-state index contributed by atoms with van der Waals surface area (Å²) in [5.74, 6) is 4.93. The molecule has 0 unspecified atom stereocenters. The maximum Gasteiger partial charge on any atom is 0.128 e. The Morgan fingerprint density at radius 3 is 2.76 bits per heavy atom. The first-order valence-corrected chi connectivity index (χ1v) is 6.24. The SMILES string of the molecule is N#Cc1ccccc1COc1cc(F)cc(C#CCO)c1. The van der Waals surface area contributed by atoms with Crippen LogP contribution in [0.4, 0.5) is 4.39 Å². The van der Waals surface area contributed by atoms with Gasteiger partial charge in [-0.3, -0.25) is 0 Å². The number of nitriles is 1. The molecule has 104 valence electrons. The van der Waals surface area contributed by atoms with Gasteiger partial charge in [-0.2, -0.15) is 5.26 Å². The van der Waals surface area contributed by atoms with Crippen LogP contribution in [0.2, 0.25) is 0 Å². The van der Waals surface area contributed by atoms with Crippen molar-refractivity contribution in [1.29, 1.82) is 5.26 Å². The van der Waals surface area contributed by atoms with Crippen LogP contribution in [0.1, 0.15) is 16.7 Å². The van der Waals surface area contributed by atoms with Crippen LogP contribution in [0.15, 0.2) is 42.5 Å². The summed E-state index contributed by atoms with van der Waals surface area (Å²) in [5, 5.41) is 17.6. The topological polar surface area (TPSA) is 53.2 Å². The van der Waals surface area contributed by atoms with E-state index in [1.54, 1.807) is 24.3 Å². The Labute approximate surface area is 122 Å². The molecule has 2 aromatic rings. The number of hydrogen-bond donors (Lipinski definition) is 1. The molecular formula is C17H12FNO2. The molecule has 3 nitrogen and oxygen atoms in total. The molecule has 2 aromatic carbocycles. The van der Waals surface area contributed by atoms with E-state index in [9.17, 15) is 4.39 Å². The fraction of sp³-hybridized carbons (Fsp3) is 0.118. The van der Waals surface area contributed by atoms with Crippen molar-refractivity contribution in [3.8, 4) is 23.7 Å². The molecule has 0 heterocycles. The smallest absolute Gasteiger partial charge is 0.128 e. The second-order valence-corrected chi connectivity index (χ2v) is 4.19. The van der Waals surface area contributed by atoms with Gasteiger partial charge in [-0.05, 0) is 18.2 Å². The van der Waals surface area contributed by atoms with E-state index in [-0.39, 0.29) is 13.2 Å². The highest BCUT2D eigenvalue weighted by atomic mass is 19.1. The van der Waals surface area contributed by atoms with Gasteiger partial charge in [0.25, 0.3) is 0 Å². The molecule has 21 heavy (non-hydrogen) atoms. The van der Waals surface area contributed by atoms with Gasteiger partial charge >= 0.3 is 0 Å². The largest absolute Gasteiger partial charge is 0.489 e. The van der Waals surface area contributed by atoms with Crippen LogP contribution in [-0.2, 0) is 6.61 Å². The van der Waals surface area contributed by atoms with Crippen LogP contribution >= 0.6 is 0 Å². The first-order chi connectivity index (χ1) is 10.2. The minimum absolute atomic E-state index is 0.167. The fourth-order valence-corrected chi connectivity index (χ4v) is 1.78. The van der Waals surface area contributed by atoms with Crippen LogP contribution < -0.4 is 4.74 Å². The van der Waals surface area contributed by atoms with Gasteiger partial charge in [-0.15, -0.1) is 0 Å². The normalized spacial score (nSPS) is 9.38. The highest BCUT2D eigenvalue weighted by molar-refractivity contribution is 5.41. The maximum atomic E-state index is 13.5. The maximum absolute atomic E-state index is 13.5. The van der Waals surface area contributed by atoms with E-state index < -0.39 is 5.82 Å². The fourth-order valence-electron chi connectivity index (χ4n) is 1.78. The van der Waals surface area contributed by atoms with E-state index in [0.717, 1.165) is 5.56 Å². The lowest BCUT2D eigenvalue weighted by Gasteiger charge is -2.08. The highest BCUT2D eigenvalue weighted by Gasteiger charge is 2.04. The van der Waals surface area contributed by atoms with Gasteiger partial charge in [0, 0.05) is 17.2 Å². The lowest BCUT2D eigenvalue weighted by atomic mass is 10.1. The number of hydrogen-bond acceptors (Lipinski definition) is 3. The van der Waals surface area contributed by atoms with E-state index in [4.69, 9.17) is 15.1 Å². The molecule has 2 rings (SSSR count). The average Bonchev–Trinajstić information content (AvgIpc) is 2.50. The molecule has 0 aromatic heterocycles. The molecule has 0 amide bonds. The Morgan fingerprint density at radius 2 is 2.00 bits per heavy atom. The number of benzene rings is 2. The van der Waals surface area contributed by atoms with Crippen LogP contribution in [0.25, 0.3) is 0 Å². The summed E-state index contributed by atoms with van der Waals surface area (Å²) in [6.07, 6.45) is 0. The van der Waals surface area contributed by atoms with Gasteiger partial charge < -0.3 is 9.84 Å². The quantitative estimate of drug-likeness (QED) is 0.880. The molecule has 0 spiro atoms. The number of ether oxygens (including phenoxy) is 1. The molecule has 0 fully saturated rings. The van der Waals surface area contributed by atoms with E-state index in [0.29, 0.717) is 16.9 Å². The van der Waals surface area contributed by atoms with E-state index in [1.165, 1.54) is 12.1 Å². The Kier molecular flexibility index (Phi) is 4.93. The number of aliphatic hydroxyl groups is 1. The van der Waals surface area contributed by atoms with Crippen LogP contribution in [0.3, 0.4) is 0 Å². The lowest BCUT2D eigenvalue weighted by Crippen LogP contribution is -1.99. The molecule has 0 bridgehead atoms. The summed E-state index contributed by atoms with van der Waals surface area (Å²) >= 11 is 0. The molecule has 0 aliphatic heterocycles. The van der Waals surface area contributed by atoms with E-state index in [2.05, 4.69) is 17.9 Å². The summed E-state index contributed by atoms with van der Waals surface area (Å²) in [5.41, 5.74) is 1.68. The molecule has 4 heteroatoms. The highest BCUT2D eigenvalue weighted by Crippen LogP contribution is 2.18. The first kappa shape index (κ1) is 14.6. The lowest BCUT2D eigenvalue weighted by molar-refractivity contribution is 0.304. The van der Waals surface area contributed by atoms with Gasteiger partial charge in [0.2, 0.25) is 0 Å². The zero-order valence-corrected chi connectivity index (χ0v) is 11.1. The van der Waals surface area contributed by atoms with E-state index >= 15 is 0 Å². The van der Waals surface area contributed by atoms with Gasteiger partial charge in [0.15, 0.2) is 0 Å². The summed E-state index contributed by atoms with van der Waals surface area (Å²) < 4.78 is 19.0. The van der Waals surface area contributed by atoms with Crippen molar-refractivity contribution < 1.29 is 14.2 Å². The summed E-state index contributed by atoms with van der Waals surface area (Å²) in [7, 11) is 0. The minimum Gasteiger partial charge on any atom is -0.489 e. The summed E-state index contributed by atoms with van der Waals surface area (Å²) in [6, 6.07) is 13.2. The molecule has 0 aliphatic carbocycles. The second-order valence-electron chi connectivity index (χ2n) is 4.19. The summed E-state index contributed by atoms with van der Waals surface area (Å²) in [4.78, 5) is 0. The Bertz CT molecular complexity index is 738. The van der Waals surface area contributed by atoms with Gasteiger partial charge in [-0.1, -0.05) is 30.0 Å². The van der Waals surface area contributed by atoms with Crippen molar-refractivity contribution in [1.82, 2.24) is 0 Å². The van der Waals surface area contributed by atoms with Crippen molar-refractivity contribution >= 4 is 0 Å². The Hall–Kier alpha value is -2.82. The monoisotopic (exact) mass is 281 g/mol.